The van der Waals surface area contributed by atoms with E-state index in [0.717, 1.165) is 16.8 Å². The van der Waals surface area contributed by atoms with Gasteiger partial charge in [0.05, 0.1) is 0 Å². The summed E-state index contributed by atoms with van der Waals surface area (Å²) in [7, 11) is -2.24. The first-order valence-electron chi connectivity index (χ1n) is 5.81. The molecule has 0 radical (unpaired) electrons. The van der Waals surface area contributed by atoms with E-state index in [2.05, 4.69) is 5.32 Å². The fourth-order valence-corrected chi connectivity index (χ4v) is 2.69. The maximum Gasteiger partial charge on any atom is 0.269 e. The third-order valence-corrected chi connectivity index (χ3v) is 3.52. The Labute approximate surface area is 112 Å². The fourth-order valence-electron chi connectivity index (χ4n) is 2.04. The van der Waals surface area contributed by atoms with Gasteiger partial charge in [0.15, 0.2) is 0 Å². The van der Waals surface area contributed by atoms with Crippen LogP contribution < -0.4 is 5.32 Å². The lowest BCUT2D eigenvalue weighted by Crippen LogP contribution is -2.03. The zero-order valence-electron chi connectivity index (χ0n) is 10.5. The first kappa shape index (κ1) is 13.6. The lowest BCUT2D eigenvalue weighted by molar-refractivity contribution is 0.482. The molecular formula is C14H15NO3S. The van der Waals surface area contributed by atoms with Gasteiger partial charge < -0.3 is 5.32 Å². The fraction of sp³-hybridized carbons (Fsp3) is 0.143. The van der Waals surface area contributed by atoms with Gasteiger partial charge in [0.1, 0.15) is 5.75 Å². The molecule has 2 aromatic carbocycles. The second-order valence-corrected chi connectivity index (χ2v) is 5.63. The van der Waals surface area contributed by atoms with E-state index in [0.29, 0.717) is 5.56 Å². The quantitative estimate of drug-likeness (QED) is 0.843. The molecule has 2 rings (SSSR count). The summed E-state index contributed by atoms with van der Waals surface area (Å²) in [4.78, 5) is 0. The zero-order chi connectivity index (χ0) is 13.9. The number of para-hydroxylation sites is 1. The maximum atomic E-state index is 11.1. The third kappa shape index (κ3) is 3.33. The van der Waals surface area contributed by atoms with Crippen LogP contribution in [0.15, 0.2) is 48.5 Å². The molecular weight excluding hydrogens is 262 g/mol. The molecule has 0 saturated carbocycles. The summed E-state index contributed by atoms with van der Waals surface area (Å²) in [5.41, 5.74) is 3.19. The predicted molar refractivity (Wildman–Crippen MR) is 76.7 cm³/mol. The largest absolute Gasteiger partial charge is 0.388 e. The van der Waals surface area contributed by atoms with Crippen LogP contribution in [0.4, 0.5) is 5.69 Å². The van der Waals surface area contributed by atoms with Crippen LogP contribution in [0.1, 0.15) is 5.56 Å². The highest BCUT2D eigenvalue weighted by molar-refractivity contribution is 7.85. The number of anilines is 1. The van der Waals surface area contributed by atoms with Gasteiger partial charge in [0.25, 0.3) is 10.1 Å². The van der Waals surface area contributed by atoms with E-state index in [4.69, 9.17) is 4.55 Å². The second kappa shape index (κ2) is 5.42. The summed E-state index contributed by atoms with van der Waals surface area (Å²) in [6.07, 6.45) is 0. The number of hydrogen-bond donors (Lipinski definition) is 2. The van der Waals surface area contributed by atoms with Gasteiger partial charge in [-0.3, -0.25) is 4.55 Å². The summed E-state index contributed by atoms with van der Waals surface area (Å²) < 4.78 is 31.2. The van der Waals surface area contributed by atoms with Crippen LogP contribution in [0, 0.1) is 0 Å². The minimum atomic E-state index is -4.05. The molecule has 0 aliphatic rings. The molecule has 0 fully saturated rings. The first-order valence-corrected chi connectivity index (χ1v) is 7.42. The Hall–Kier alpha value is -1.85. The molecule has 2 N–H and O–H groups in total. The van der Waals surface area contributed by atoms with Crippen LogP contribution in [0.5, 0.6) is 0 Å². The molecule has 0 bridgehead atoms. The van der Waals surface area contributed by atoms with Crippen molar-refractivity contribution in [1.82, 2.24) is 0 Å². The number of hydrogen-bond acceptors (Lipinski definition) is 3. The molecule has 19 heavy (non-hydrogen) atoms. The monoisotopic (exact) mass is 277 g/mol. The smallest absolute Gasteiger partial charge is 0.269 e. The molecule has 0 aliphatic carbocycles. The summed E-state index contributed by atoms with van der Waals surface area (Å²) >= 11 is 0. The normalized spacial score (nSPS) is 11.3. The van der Waals surface area contributed by atoms with E-state index in [9.17, 15) is 8.42 Å². The molecule has 100 valence electrons. The minimum Gasteiger partial charge on any atom is -0.388 e. The van der Waals surface area contributed by atoms with Gasteiger partial charge in [-0.15, -0.1) is 0 Å². The van der Waals surface area contributed by atoms with Gasteiger partial charge in [0.2, 0.25) is 0 Å². The Morgan fingerprint density at radius 3 is 2.21 bits per heavy atom. The van der Waals surface area contributed by atoms with Crippen molar-refractivity contribution in [3.63, 3.8) is 0 Å². The first-order chi connectivity index (χ1) is 9.01. The average molecular weight is 277 g/mol. The van der Waals surface area contributed by atoms with Crippen molar-refractivity contribution in [3.05, 3.63) is 54.1 Å². The van der Waals surface area contributed by atoms with Gasteiger partial charge in [-0.2, -0.15) is 8.42 Å². The van der Waals surface area contributed by atoms with Crippen molar-refractivity contribution in [1.29, 1.82) is 0 Å². The molecule has 0 unspecified atom stereocenters. The number of benzene rings is 2. The van der Waals surface area contributed by atoms with Crippen LogP contribution in [-0.4, -0.2) is 20.0 Å². The molecule has 0 spiro atoms. The predicted octanol–water partition coefficient (Wildman–Crippen LogP) is 2.78. The Morgan fingerprint density at radius 2 is 1.58 bits per heavy atom. The van der Waals surface area contributed by atoms with Crippen LogP contribution in [0.25, 0.3) is 11.1 Å². The van der Waals surface area contributed by atoms with Crippen LogP contribution in [0.3, 0.4) is 0 Å². The van der Waals surface area contributed by atoms with Crippen molar-refractivity contribution in [2.75, 3.05) is 12.4 Å². The molecule has 0 saturated heterocycles. The molecule has 0 heterocycles. The Bertz CT molecular complexity index is 681. The molecule has 4 nitrogen and oxygen atoms in total. The number of nitrogens with one attached hydrogen (secondary N) is 1. The maximum absolute atomic E-state index is 11.1. The zero-order valence-corrected chi connectivity index (χ0v) is 11.3. The van der Waals surface area contributed by atoms with Crippen molar-refractivity contribution >= 4 is 15.8 Å². The summed E-state index contributed by atoms with van der Waals surface area (Å²) in [5.74, 6) is -0.388. The molecule has 0 atom stereocenters. The Kier molecular flexibility index (Phi) is 3.87. The molecule has 0 aromatic heterocycles. The van der Waals surface area contributed by atoms with Crippen molar-refractivity contribution in [2.45, 2.75) is 5.75 Å². The van der Waals surface area contributed by atoms with Crippen LogP contribution >= 0.6 is 0 Å². The number of rotatable bonds is 4. The van der Waals surface area contributed by atoms with Gasteiger partial charge in [-0.25, -0.2) is 0 Å². The van der Waals surface area contributed by atoms with E-state index in [1.165, 1.54) is 0 Å². The van der Waals surface area contributed by atoms with E-state index in [1.807, 2.05) is 43.4 Å². The van der Waals surface area contributed by atoms with Gasteiger partial charge in [0, 0.05) is 18.3 Å². The summed E-state index contributed by atoms with van der Waals surface area (Å²) in [6.45, 7) is 0. The van der Waals surface area contributed by atoms with E-state index >= 15 is 0 Å². The third-order valence-electron chi connectivity index (χ3n) is 2.84. The highest BCUT2D eigenvalue weighted by Crippen LogP contribution is 2.31. The highest BCUT2D eigenvalue weighted by atomic mass is 32.2. The van der Waals surface area contributed by atoms with Crippen molar-refractivity contribution in [2.24, 2.45) is 0 Å². The van der Waals surface area contributed by atoms with E-state index < -0.39 is 10.1 Å². The van der Waals surface area contributed by atoms with Gasteiger partial charge >= 0.3 is 0 Å². The van der Waals surface area contributed by atoms with Gasteiger partial charge in [-0.1, -0.05) is 42.5 Å². The molecule has 5 heteroatoms. The van der Waals surface area contributed by atoms with Crippen molar-refractivity contribution in [3.8, 4) is 11.1 Å². The second-order valence-electron chi connectivity index (χ2n) is 4.18. The van der Waals surface area contributed by atoms with E-state index in [1.54, 1.807) is 12.1 Å². The van der Waals surface area contributed by atoms with Crippen molar-refractivity contribution < 1.29 is 13.0 Å². The average Bonchev–Trinajstić information content (AvgIpc) is 2.37. The Morgan fingerprint density at radius 1 is 1.00 bits per heavy atom. The lowest BCUT2D eigenvalue weighted by atomic mass is 9.99. The SMILES string of the molecule is CNc1ccccc1-c1ccccc1CS(=O)(=O)O. The summed E-state index contributed by atoms with van der Waals surface area (Å²) in [6, 6.07) is 14.8. The minimum absolute atomic E-state index is 0.388. The molecule has 2 aromatic rings. The van der Waals surface area contributed by atoms with Crippen LogP contribution in [-0.2, 0) is 15.9 Å². The standard InChI is InChI=1S/C14H15NO3S/c1-15-14-9-5-4-8-13(14)12-7-3-2-6-11(12)10-19(16,17)18/h2-9,15H,10H2,1H3,(H,16,17,18). The lowest BCUT2D eigenvalue weighted by Gasteiger charge is -2.12. The molecule has 0 amide bonds. The molecule has 0 aliphatic heterocycles. The topological polar surface area (TPSA) is 66.4 Å². The van der Waals surface area contributed by atoms with E-state index in [-0.39, 0.29) is 5.75 Å². The van der Waals surface area contributed by atoms with Crippen LogP contribution in [0.2, 0.25) is 0 Å². The highest BCUT2D eigenvalue weighted by Gasteiger charge is 2.13. The Balaban J connectivity index is 2.56. The summed E-state index contributed by atoms with van der Waals surface area (Å²) in [5, 5.41) is 3.07. The van der Waals surface area contributed by atoms with Gasteiger partial charge in [-0.05, 0) is 17.2 Å².